The zero-order valence-electron chi connectivity index (χ0n) is 14.8. The van der Waals surface area contributed by atoms with Crippen molar-refractivity contribution in [2.24, 2.45) is 0 Å². The molecule has 0 aliphatic heterocycles. The van der Waals surface area contributed by atoms with Crippen molar-refractivity contribution >= 4 is 23.4 Å². The minimum Gasteiger partial charge on any atom is -0.493 e. The normalized spacial score (nSPS) is 10.2. The summed E-state index contributed by atoms with van der Waals surface area (Å²) in [5.74, 6) is 0.377. The van der Waals surface area contributed by atoms with Crippen LogP contribution in [-0.2, 0) is 16.1 Å². The van der Waals surface area contributed by atoms with Gasteiger partial charge in [-0.15, -0.1) is 0 Å². The molecule has 2 aromatic carbocycles. The third-order valence-corrected chi connectivity index (χ3v) is 3.96. The molecular weight excluding hydrogens is 352 g/mol. The van der Waals surface area contributed by atoms with Crippen LogP contribution in [0, 0.1) is 6.92 Å². The highest BCUT2D eigenvalue weighted by atomic mass is 35.5. The second-order valence-electron chi connectivity index (χ2n) is 5.90. The lowest BCUT2D eigenvalue weighted by Gasteiger charge is -2.10. The number of amides is 2. The van der Waals surface area contributed by atoms with Crippen LogP contribution >= 0.6 is 11.6 Å². The standard InChI is InChI=1S/C20H23ClN2O3/c1-15-12-17(21)9-10-18(15)26-11-5-8-19(24)23-14-20(25)22-13-16-6-3-2-4-7-16/h2-4,6-7,9-10,12H,5,8,11,13-14H2,1H3,(H,22,25)(H,23,24). The average Bonchev–Trinajstić information content (AvgIpc) is 2.64. The summed E-state index contributed by atoms with van der Waals surface area (Å²) in [7, 11) is 0. The zero-order chi connectivity index (χ0) is 18.8. The van der Waals surface area contributed by atoms with Crippen molar-refractivity contribution in [3.8, 4) is 5.75 Å². The van der Waals surface area contributed by atoms with Crippen molar-refractivity contribution in [2.45, 2.75) is 26.3 Å². The van der Waals surface area contributed by atoms with Crippen molar-refractivity contribution in [2.75, 3.05) is 13.2 Å². The van der Waals surface area contributed by atoms with Gasteiger partial charge in [-0.25, -0.2) is 0 Å². The Balaban J connectivity index is 1.57. The van der Waals surface area contributed by atoms with E-state index in [2.05, 4.69) is 10.6 Å². The van der Waals surface area contributed by atoms with Crippen LogP contribution in [0.3, 0.4) is 0 Å². The summed E-state index contributed by atoms with van der Waals surface area (Å²) in [6.07, 6.45) is 0.873. The molecule has 2 rings (SSSR count). The fraction of sp³-hybridized carbons (Fsp3) is 0.300. The molecule has 0 aliphatic carbocycles. The van der Waals surface area contributed by atoms with Gasteiger partial charge in [0.1, 0.15) is 5.75 Å². The summed E-state index contributed by atoms with van der Waals surface area (Å²) < 4.78 is 5.64. The van der Waals surface area contributed by atoms with Crippen LogP contribution < -0.4 is 15.4 Å². The lowest BCUT2D eigenvalue weighted by atomic mass is 10.2. The number of ether oxygens (including phenoxy) is 1. The molecule has 0 fully saturated rings. The fourth-order valence-electron chi connectivity index (χ4n) is 2.32. The van der Waals surface area contributed by atoms with Gasteiger partial charge in [0.25, 0.3) is 0 Å². The number of nitrogens with one attached hydrogen (secondary N) is 2. The third-order valence-electron chi connectivity index (χ3n) is 3.72. The van der Waals surface area contributed by atoms with Crippen molar-refractivity contribution in [3.63, 3.8) is 0 Å². The van der Waals surface area contributed by atoms with Gasteiger partial charge in [0.2, 0.25) is 11.8 Å². The van der Waals surface area contributed by atoms with Gasteiger partial charge in [-0.2, -0.15) is 0 Å². The molecule has 138 valence electrons. The van der Waals surface area contributed by atoms with Gasteiger partial charge in [-0.05, 0) is 42.7 Å². The molecule has 0 unspecified atom stereocenters. The predicted molar refractivity (Wildman–Crippen MR) is 102 cm³/mol. The Morgan fingerprint density at radius 3 is 2.54 bits per heavy atom. The first-order chi connectivity index (χ1) is 12.5. The molecule has 0 saturated carbocycles. The molecule has 0 bridgehead atoms. The number of halogens is 1. The minimum atomic E-state index is -0.213. The molecule has 0 saturated heterocycles. The van der Waals surface area contributed by atoms with E-state index >= 15 is 0 Å². The molecule has 0 aliphatic rings. The molecule has 0 aromatic heterocycles. The molecule has 6 heteroatoms. The Morgan fingerprint density at radius 2 is 1.81 bits per heavy atom. The summed E-state index contributed by atoms with van der Waals surface area (Å²) >= 11 is 5.90. The second-order valence-corrected chi connectivity index (χ2v) is 6.34. The molecule has 2 amide bonds. The zero-order valence-corrected chi connectivity index (χ0v) is 15.5. The monoisotopic (exact) mass is 374 g/mol. The van der Waals surface area contributed by atoms with Gasteiger partial charge in [0, 0.05) is 18.0 Å². The predicted octanol–water partition coefficient (Wildman–Crippen LogP) is 3.24. The Hall–Kier alpha value is -2.53. The van der Waals surface area contributed by atoms with Crippen LogP contribution in [-0.4, -0.2) is 25.0 Å². The number of carbonyl (C=O) groups excluding carboxylic acids is 2. The summed E-state index contributed by atoms with van der Waals surface area (Å²) in [4.78, 5) is 23.5. The van der Waals surface area contributed by atoms with Gasteiger partial charge < -0.3 is 15.4 Å². The van der Waals surface area contributed by atoms with E-state index in [1.807, 2.05) is 49.4 Å². The van der Waals surface area contributed by atoms with Crippen molar-refractivity contribution in [1.29, 1.82) is 0 Å². The first kappa shape index (κ1) is 19.8. The topological polar surface area (TPSA) is 67.4 Å². The van der Waals surface area contributed by atoms with E-state index in [9.17, 15) is 9.59 Å². The van der Waals surface area contributed by atoms with E-state index in [1.165, 1.54) is 0 Å². The SMILES string of the molecule is Cc1cc(Cl)ccc1OCCCC(=O)NCC(=O)NCc1ccccc1. The second kappa shape index (κ2) is 10.5. The van der Waals surface area contributed by atoms with E-state index in [4.69, 9.17) is 16.3 Å². The van der Waals surface area contributed by atoms with Crippen LogP contribution in [0.15, 0.2) is 48.5 Å². The molecule has 0 radical (unpaired) electrons. The maximum Gasteiger partial charge on any atom is 0.239 e. The van der Waals surface area contributed by atoms with E-state index in [-0.39, 0.29) is 18.4 Å². The van der Waals surface area contributed by atoms with E-state index in [0.29, 0.717) is 31.0 Å². The van der Waals surface area contributed by atoms with Gasteiger partial charge >= 0.3 is 0 Å². The highest BCUT2D eigenvalue weighted by Gasteiger charge is 2.06. The highest BCUT2D eigenvalue weighted by molar-refractivity contribution is 6.30. The lowest BCUT2D eigenvalue weighted by molar-refractivity contribution is -0.126. The Labute approximate surface area is 158 Å². The number of rotatable bonds is 9. The fourth-order valence-corrected chi connectivity index (χ4v) is 2.54. The van der Waals surface area contributed by atoms with Crippen molar-refractivity contribution in [1.82, 2.24) is 10.6 Å². The molecule has 0 spiro atoms. The minimum absolute atomic E-state index is 0.0250. The largest absolute Gasteiger partial charge is 0.493 e. The quantitative estimate of drug-likeness (QED) is 0.662. The van der Waals surface area contributed by atoms with Crippen molar-refractivity contribution < 1.29 is 14.3 Å². The first-order valence-electron chi connectivity index (χ1n) is 8.51. The molecule has 2 N–H and O–H groups in total. The van der Waals surface area contributed by atoms with Crippen LogP contribution in [0.5, 0.6) is 5.75 Å². The van der Waals surface area contributed by atoms with Crippen LogP contribution in [0.2, 0.25) is 5.02 Å². The number of carbonyl (C=O) groups is 2. The Bertz CT molecular complexity index is 735. The molecule has 0 heterocycles. The average molecular weight is 375 g/mol. The summed E-state index contributed by atoms with van der Waals surface area (Å²) in [6.45, 7) is 2.77. The number of aryl methyl sites for hydroxylation is 1. The molecular formula is C20H23ClN2O3. The molecule has 0 atom stereocenters. The molecule has 5 nitrogen and oxygen atoms in total. The highest BCUT2D eigenvalue weighted by Crippen LogP contribution is 2.21. The van der Waals surface area contributed by atoms with Crippen molar-refractivity contribution in [3.05, 3.63) is 64.7 Å². The van der Waals surface area contributed by atoms with Gasteiger partial charge in [-0.3, -0.25) is 9.59 Å². The van der Waals surface area contributed by atoms with Crippen LogP contribution in [0.25, 0.3) is 0 Å². The smallest absolute Gasteiger partial charge is 0.239 e. The van der Waals surface area contributed by atoms with Gasteiger partial charge in [0.15, 0.2) is 0 Å². The van der Waals surface area contributed by atoms with Gasteiger partial charge in [-0.1, -0.05) is 41.9 Å². The van der Waals surface area contributed by atoms with Crippen LogP contribution in [0.4, 0.5) is 0 Å². The summed E-state index contributed by atoms with van der Waals surface area (Å²) in [5, 5.41) is 6.04. The van der Waals surface area contributed by atoms with Gasteiger partial charge in [0.05, 0.1) is 13.2 Å². The summed E-state index contributed by atoms with van der Waals surface area (Å²) in [6, 6.07) is 15.0. The Morgan fingerprint density at radius 1 is 1.04 bits per heavy atom. The maximum atomic E-state index is 11.8. The maximum absolute atomic E-state index is 11.8. The van der Waals surface area contributed by atoms with E-state index in [1.54, 1.807) is 6.07 Å². The van der Waals surface area contributed by atoms with E-state index < -0.39 is 0 Å². The Kier molecular flexibility index (Phi) is 7.96. The molecule has 26 heavy (non-hydrogen) atoms. The number of hydrogen-bond donors (Lipinski definition) is 2. The third kappa shape index (κ3) is 7.15. The number of hydrogen-bond acceptors (Lipinski definition) is 3. The lowest BCUT2D eigenvalue weighted by Crippen LogP contribution is -2.36. The first-order valence-corrected chi connectivity index (χ1v) is 8.88. The van der Waals surface area contributed by atoms with Crippen LogP contribution in [0.1, 0.15) is 24.0 Å². The summed E-state index contributed by atoms with van der Waals surface area (Å²) in [5.41, 5.74) is 1.97. The van der Waals surface area contributed by atoms with E-state index in [0.717, 1.165) is 16.9 Å². The molecule has 2 aromatic rings. The number of benzene rings is 2.